The summed E-state index contributed by atoms with van der Waals surface area (Å²) in [4.78, 5) is 51.0. The lowest BCUT2D eigenvalue weighted by Gasteiger charge is -2.40. The monoisotopic (exact) mass is 768 g/mol. The van der Waals surface area contributed by atoms with E-state index in [2.05, 4.69) is 77.8 Å². The molecule has 0 spiro atoms. The Kier molecular flexibility index (Phi) is 18.1. The summed E-state index contributed by atoms with van der Waals surface area (Å²) in [5, 5.41) is 8.98. The molecule has 2 aromatic rings. The standard InChI is InChI=1S/C43H69N5O5S/c1-13-21-48(43(51)38(28(7)15-3)46-41(50)39(47(10)11)29(8)16-4)36(27(5)6)25-37(53-22-14-2)42-45-35(26-54-42)40(49)44-32-23-31-19-17-18-20-33(31)34(24-32)30(9)52-12/h17-20,26-29,32,34,36-39H,9,13-16,21-25H2,1-8,10-12H3,(H,44,49)(H,46,50)/t28-,29-,32-,34-,36+,37+,38-,39-/m0/s1. The van der Waals surface area contributed by atoms with E-state index in [4.69, 9.17) is 14.5 Å². The van der Waals surface area contributed by atoms with Crippen LogP contribution in [0, 0.1) is 17.8 Å². The second-order valence-electron chi connectivity index (χ2n) is 15.7. The molecule has 0 radical (unpaired) electrons. The van der Waals surface area contributed by atoms with Crippen molar-refractivity contribution < 1.29 is 23.9 Å². The number of ether oxygens (including phenoxy) is 2. The van der Waals surface area contributed by atoms with Crippen LogP contribution in [0.5, 0.6) is 0 Å². The number of amides is 3. The summed E-state index contributed by atoms with van der Waals surface area (Å²) in [6, 6.07) is 6.99. The van der Waals surface area contributed by atoms with Gasteiger partial charge in [-0.3, -0.25) is 19.3 Å². The summed E-state index contributed by atoms with van der Waals surface area (Å²) in [6.07, 6.45) is 4.72. The molecule has 302 valence electrons. The Morgan fingerprint density at radius 1 is 1.02 bits per heavy atom. The Bertz CT molecular complexity index is 1510. The molecule has 0 saturated carbocycles. The normalized spacial score (nSPS) is 18.9. The first-order valence-corrected chi connectivity index (χ1v) is 21.1. The van der Waals surface area contributed by atoms with Crippen LogP contribution in [0.25, 0.3) is 0 Å². The van der Waals surface area contributed by atoms with Crippen molar-refractivity contribution >= 4 is 29.1 Å². The van der Waals surface area contributed by atoms with Gasteiger partial charge in [-0.05, 0) is 68.7 Å². The van der Waals surface area contributed by atoms with Crippen LogP contribution in [0.1, 0.15) is 133 Å². The first kappa shape index (κ1) is 45.1. The highest BCUT2D eigenvalue weighted by molar-refractivity contribution is 7.09. The second-order valence-corrected chi connectivity index (χ2v) is 16.6. The maximum Gasteiger partial charge on any atom is 0.270 e. The van der Waals surface area contributed by atoms with Gasteiger partial charge in [0.15, 0.2) is 0 Å². The van der Waals surface area contributed by atoms with Crippen LogP contribution < -0.4 is 10.6 Å². The molecule has 11 heteroatoms. The van der Waals surface area contributed by atoms with Crippen LogP contribution in [0.15, 0.2) is 42.0 Å². The predicted octanol–water partition coefficient (Wildman–Crippen LogP) is 7.76. The molecule has 1 aromatic heterocycles. The number of methoxy groups -OCH3 is 1. The lowest BCUT2D eigenvalue weighted by molar-refractivity contribution is -0.143. The number of carbonyl (C=O) groups is 3. The van der Waals surface area contributed by atoms with Crippen LogP contribution in [-0.4, -0.2) is 91.0 Å². The molecule has 3 rings (SSSR count). The highest BCUT2D eigenvalue weighted by atomic mass is 32.1. The number of thiazole rings is 1. The van der Waals surface area contributed by atoms with Crippen molar-refractivity contribution in [2.75, 3.05) is 34.4 Å². The van der Waals surface area contributed by atoms with Crippen LogP contribution >= 0.6 is 11.3 Å². The molecule has 0 fully saturated rings. The van der Waals surface area contributed by atoms with Crippen molar-refractivity contribution in [2.24, 2.45) is 17.8 Å². The van der Waals surface area contributed by atoms with E-state index in [-0.39, 0.29) is 59.5 Å². The van der Waals surface area contributed by atoms with E-state index in [0.29, 0.717) is 37.4 Å². The van der Waals surface area contributed by atoms with E-state index >= 15 is 0 Å². The number of nitrogens with zero attached hydrogens (tertiary/aromatic N) is 3. The molecule has 1 heterocycles. The number of allylic oxidation sites excluding steroid dienone is 1. The third-order valence-electron chi connectivity index (χ3n) is 11.1. The second kappa shape index (κ2) is 21.7. The van der Waals surface area contributed by atoms with Crippen LogP contribution in [-0.2, 0) is 25.5 Å². The summed E-state index contributed by atoms with van der Waals surface area (Å²) in [7, 11) is 5.48. The zero-order valence-electron chi connectivity index (χ0n) is 34.9. The molecule has 1 aliphatic rings. The van der Waals surface area contributed by atoms with Gasteiger partial charge in [0.05, 0.1) is 18.9 Å². The SMILES string of the molecule is C=C(OC)[C@@H]1C[C@@H](NC(=O)c2csc([C@@H](C[C@H](C(C)C)N(CCC)C(=O)[C@@H](NC(=O)[C@H]([C@@H](C)CC)N(C)C)[C@@H](C)CC)OCCC)n2)Cc2ccccc21. The summed E-state index contributed by atoms with van der Waals surface area (Å²) in [5.74, 6) is 0.469. The highest BCUT2D eigenvalue weighted by Gasteiger charge is 2.38. The molecular formula is C43H69N5O5S. The first-order chi connectivity index (χ1) is 25.7. The van der Waals surface area contributed by atoms with Crippen molar-refractivity contribution in [2.45, 2.75) is 137 Å². The van der Waals surface area contributed by atoms with Crippen molar-refractivity contribution in [1.29, 1.82) is 0 Å². The number of nitrogens with one attached hydrogen (secondary N) is 2. The van der Waals surface area contributed by atoms with Crippen LogP contribution in [0.3, 0.4) is 0 Å². The molecule has 0 saturated heterocycles. The number of likely N-dealkylation sites (N-methyl/N-ethyl adjacent to an activating group) is 1. The fraction of sp³-hybridized carbons (Fsp3) is 0.674. The molecule has 54 heavy (non-hydrogen) atoms. The number of benzene rings is 1. The van der Waals surface area contributed by atoms with Crippen LogP contribution in [0.2, 0.25) is 0 Å². The zero-order chi connectivity index (χ0) is 40.1. The van der Waals surface area contributed by atoms with Gasteiger partial charge in [-0.1, -0.05) is 99.1 Å². The van der Waals surface area contributed by atoms with Crippen molar-refractivity contribution in [3.8, 4) is 0 Å². The van der Waals surface area contributed by atoms with Crippen molar-refractivity contribution in [1.82, 2.24) is 25.4 Å². The van der Waals surface area contributed by atoms with E-state index in [0.717, 1.165) is 37.1 Å². The molecular weight excluding hydrogens is 699 g/mol. The summed E-state index contributed by atoms with van der Waals surface area (Å²) in [6.45, 7) is 21.9. The maximum atomic E-state index is 14.7. The first-order valence-electron chi connectivity index (χ1n) is 20.2. The number of aromatic nitrogens is 1. The van der Waals surface area contributed by atoms with Gasteiger partial charge in [0.1, 0.15) is 22.8 Å². The Labute approximate surface area is 329 Å². The summed E-state index contributed by atoms with van der Waals surface area (Å²) >= 11 is 1.42. The van der Waals surface area contributed by atoms with Crippen molar-refractivity contribution in [3.05, 3.63) is 63.8 Å². The van der Waals surface area contributed by atoms with E-state index in [1.807, 2.05) is 48.3 Å². The minimum absolute atomic E-state index is 0.00708. The quantitative estimate of drug-likeness (QED) is 0.118. The number of hydrogen-bond donors (Lipinski definition) is 2. The third-order valence-corrected chi connectivity index (χ3v) is 12.1. The fourth-order valence-electron chi connectivity index (χ4n) is 7.66. The van der Waals surface area contributed by atoms with E-state index in [9.17, 15) is 14.4 Å². The molecule has 0 bridgehead atoms. The number of fused-ring (bicyclic) bond motifs is 1. The Balaban J connectivity index is 1.87. The summed E-state index contributed by atoms with van der Waals surface area (Å²) in [5.41, 5.74) is 2.73. The molecule has 8 atom stereocenters. The molecule has 1 aliphatic carbocycles. The lowest BCUT2D eigenvalue weighted by atomic mass is 9.79. The number of hydrogen-bond acceptors (Lipinski definition) is 8. The van der Waals surface area contributed by atoms with Gasteiger partial charge in [-0.2, -0.15) is 0 Å². The molecule has 10 nitrogen and oxygen atoms in total. The van der Waals surface area contributed by atoms with E-state index in [1.165, 1.54) is 22.5 Å². The smallest absolute Gasteiger partial charge is 0.270 e. The van der Waals surface area contributed by atoms with Gasteiger partial charge in [0.25, 0.3) is 5.91 Å². The fourth-order valence-corrected chi connectivity index (χ4v) is 8.52. The van der Waals surface area contributed by atoms with Gasteiger partial charge >= 0.3 is 0 Å². The Morgan fingerprint density at radius 2 is 1.70 bits per heavy atom. The number of carbonyl (C=O) groups excluding carboxylic acids is 3. The minimum atomic E-state index is -0.653. The lowest BCUT2D eigenvalue weighted by Crippen LogP contribution is -2.59. The number of rotatable bonds is 22. The average Bonchev–Trinajstić information content (AvgIpc) is 3.65. The zero-order valence-corrected chi connectivity index (χ0v) is 35.8. The largest absolute Gasteiger partial charge is 0.501 e. The van der Waals surface area contributed by atoms with Gasteiger partial charge in [-0.15, -0.1) is 11.3 Å². The molecule has 1 aromatic carbocycles. The van der Waals surface area contributed by atoms with Gasteiger partial charge in [0.2, 0.25) is 11.8 Å². The van der Waals surface area contributed by atoms with E-state index < -0.39 is 12.1 Å². The Morgan fingerprint density at radius 3 is 2.30 bits per heavy atom. The summed E-state index contributed by atoms with van der Waals surface area (Å²) < 4.78 is 12.0. The maximum absolute atomic E-state index is 14.7. The van der Waals surface area contributed by atoms with Gasteiger partial charge < -0.3 is 25.0 Å². The van der Waals surface area contributed by atoms with Gasteiger partial charge in [0, 0.05) is 43.0 Å². The van der Waals surface area contributed by atoms with Crippen LogP contribution in [0.4, 0.5) is 0 Å². The highest BCUT2D eigenvalue weighted by Crippen LogP contribution is 2.37. The Hall–Kier alpha value is -3.28. The third kappa shape index (κ3) is 11.6. The molecule has 3 amide bonds. The molecule has 0 unspecified atom stereocenters. The predicted molar refractivity (Wildman–Crippen MR) is 220 cm³/mol. The van der Waals surface area contributed by atoms with Crippen molar-refractivity contribution in [3.63, 3.8) is 0 Å². The topological polar surface area (TPSA) is 113 Å². The van der Waals surface area contributed by atoms with E-state index in [1.54, 1.807) is 7.11 Å². The minimum Gasteiger partial charge on any atom is -0.501 e. The molecule has 0 aliphatic heterocycles. The molecule has 2 N–H and O–H groups in total. The average molecular weight is 768 g/mol. The van der Waals surface area contributed by atoms with Gasteiger partial charge in [-0.25, -0.2) is 4.98 Å².